The van der Waals surface area contributed by atoms with E-state index in [1.165, 1.54) is 30.5 Å². The average Bonchev–Trinajstić information content (AvgIpc) is 2.52. The Kier molecular flexibility index (Phi) is 4.71. The molecule has 9 heteroatoms. The molecule has 0 spiro atoms. The maximum Gasteiger partial charge on any atom is 0.294 e. The lowest BCUT2D eigenvalue weighted by Gasteiger charge is -2.06. The first-order chi connectivity index (χ1) is 10.4. The number of nitrogens with zero attached hydrogens (tertiary/aromatic N) is 1. The number of rotatable bonds is 5. The van der Waals surface area contributed by atoms with E-state index in [4.69, 9.17) is 10.4 Å². The number of hydrogen-bond donors (Lipinski definition) is 4. The number of benzene rings is 1. The second kappa shape index (κ2) is 6.52. The van der Waals surface area contributed by atoms with E-state index < -0.39 is 10.1 Å². The number of pyridine rings is 1. The van der Waals surface area contributed by atoms with Crippen LogP contribution in [0.1, 0.15) is 15.9 Å². The summed E-state index contributed by atoms with van der Waals surface area (Å²) in [4.78, 5) is 15.6. The van der Waals surface area contributed by atoms with Gasteiger partial charge in [-0.25, -0.2) is 10.8 Å². The molecule has 116 valence electrons. The molecule has 0 saturated heterocycles. The maximum atomic E-state index is 11.9. The minimum absolute atomic E-state index is 0.198. The first-order valence-corrected chi connectivity index (χ1v) is 7.61. The Labute approximate surface area is 127 Å². The van der Waals surface area contributed by atoms with Gasteiger partial charge in [0.25, 0.3) is 16.0 Å². The van der Waals surface area contributed by atoms with Crippen LogP contribution in [0, 0.1) is 0 Å². The number of carbonyl (C=O) groups excluding carboxylic acids is 1. The van der Waals surface area contributed by atoms with Crippen LogP contribution in [0.2, 0.25) is 0 Å². The molecule has 0 radical (unpaired) electrons. The molecule has 0 aliphatic rings. The lowest BCUT2D eigenvalue weighted by molar-refractivity contribution is 0.0950. The number of anilines is 1. The predicted molar refractivity (Wildman–Crippen MR) is 79.5 cm³/mol. The second-order valence-corrected chi connectivity index (χ2v) is 5.80. The summed E-state index contributed by atoms with van der Waals surface area (Å²) in [6.45, 7) is 0.210. The SMILES string of the molecule is NNc1ccc(C(=O)NCc2ccc(S(=O)(=O)O)cc2)cn1. The summed E-state index contributed by atoms with van der Waals surface area (Å²) < 4.78 is 30.7. The zero-order valence-corrected chi connectivity index (χ0v) is 12.2. The minimum Gasteiger partial charge on any atom is -0.348 e. The van der Waals surface area contributed by atoms with Crippen molar-refractivity contribution in [2.24, 2.45) is 5.84 Å². The fraction of sp³-hybridized carbons (Fsp3) is 0.0769. The number of nitrogens with one attached hydrogen (secondary N) is 2. The molecule has 2 rings (SSSR count). The summed E-state index contributed by atoms with van der Waals surface area (Å²) >= 11 is 0. The lowest BCUT2D eigenvalue weighted by atomic mass is 10.2. The van der Waals surface area contributed by atoms with E-state index in [2.05, 4.69) is 15.7 Å². The number of aromatic nitrogens is 1. The third-order valence-electron chi connectivity index (χ3n) is 2.85. The van der Waals surface area contributed by atoms with Crippen LogP contribution >= 0.6 is 0 Å². The van der Waals surface area contributed by atoms with Crippen LogP contribution < -0.4 is 16.6 Å². The third-order valence-corrected chi connectivity index (χ3v) is 3.72. The molecular formula is C13H14N4O4S. The van der Waals surface area contributed by atoms with Gasteiger partial charge in [0.1, 0.15) is 5.82 Å². The summed E-state index contributed by atoms with van der Waals surface area (Å²) in [5, 5.41) is 2.67. The Balaban J connectivity index is 1.98. The Hall–Kier alpha value is -2.49. The van der Waals surface area contributed by atoms with Crippen LogP contribution in [0.4, 0.5) is 5.82 Å². The van der Waals surface area contributed by atoms with Crippen LogP contribution in [0.15, 0.2) is 47.5 Å². The normalized spacial score (nSPS) is 11.0. The zero-order chi connectivity index (χ0) is 16.2. The van der Waals surface area contributed by atoms with Gasteiger partial charge in [0.2, 0.25) is 0 Å². The molecule has 22 heavy (non-hydrogen) atoms. The highest BCUT2D eigenvalue weighted by Gasteiger charge is 2.09. The molecule has 0 atom stereocenters. The highest BCUT2D eigenvalue weighted by Crippen LogP contribution is 2.10. The molecule has 1 amide bonds. The molecule has 5 N–H and O–H groups in total. The molecule has 0 saturated carbocycles. The largest absolute Gasteiger partial charge is 0.348 e. The fourth-order valence-corrected chi connectivity index (χ4v) is 2.16. The molecule has 0 aliphatic heterocycles. The highest BCUT2D eigenvalue weighted by atomic mass is 32.2. The smallest absolute Gasteiger partial charge is 0.294 e. The number of carbonyl (C=O) groups is 1. The first kappa shape index (κ1) is 15.9. The zero-order valence-electron chi connectivity index (χ0n) is 11.4. The van der Waals surface area contributed by atoms with Gasteiger partial charge in [0.15, 0.2) is 0 Å². The van der Waals surface area contributed by atoms with Crippen molar-refractivity contribution in [1.82, 2.24) is 10.3 Å². The highest BCUT2D eigenvalue weighted by molar-refractivity contribution is 7.85. The Bertz CT molecular complexity index is 758. The number of hydrazine groups is 1. The van der Waals surface area contributed by atoms with Gasteiger partial charge in [-0.05, 0) is 29.8 Å². The summed E-state index contributed by atoms with van der Waals surface area (Å²) in [6.07, 6.45) is 1.38. The van der Waals surface area contributed by atoms with Gasteiger partial charge in [-0.2, -0.15) is 8.42 Å². The van der Waals surface area contributed by atoms with E-state index in [1.807, 2.05) is 0 Å². The van der Waals surface area contributed by atoms with E-state index >= 15 is 0 Å². The van der Waals surface area contributed by atoms with Crippen LogP contribution in [0.5, 0.6) is 0 Å². The minimum atomic E-state index is -4.21. The topological polar surface area (TPSA) is 134 Å². The molecule has 0 unspecified atom stereocenters. The Morgan fingerprint density at radius 1 is 1.18 bits per heavy atom. The summed E-state index contributed by atoms with van der Waals surface area (Å²) in [5.41, 5.74) is 3.41. The van der Waals surface area contributed by atoms with Crippen molar-refractivity contribution in [1.29, 1.82) is 0 Å². The van der Waals surface area contributed by atoms with E-state index in [9.17, 15) is 13.2 Å². The van der Waals surface area contributed by atoms with E-state index in [-0.39, 0.29) is 17.3 Å². The fourth-order valence-electron chi connectivity index (χ4n) is 1.68. The van der Waals surface area contributed by atoms with Gasteiger partial charge in [0, 0.05) is 12.7 Å². The molecular weight excluding hydrogens is 308 g/mol. The summed E-state index contributed by atoms with van der Waals surface area (Å²) in [6, 6.07) is 8.67. The quantitative estimate of drug-likeness (QED) is 0.358. The number of nitrogens with two attached hydrogens (primary N) is 1. The van der Waals surface area contributed by atoms with Crippen molar-refractivity contribution in [3.8, 4) is 0 Å². The van der Waals surface area contributed by atoms with Gasteiger partial charge >= 0.3 is 0 Å². The molecule has 8 nitrogen and oxygen atoms in total. The van der Waals surface area contributed by atoms with E-state index in [0.29, 0.717) is 16.9 Å². The Morgan fingerprint density at radius 2 is 1.86 bits per heavy atom. The Morgan fingerprint density at radius 3 is 2.36 bits per heavy atom. The van der Waals surface area contributed by atoms with Crippen LogP contribution in [-0.4, -0.2) is 23.9 Å². The van der Waals surface area contributed by atoms with Gasteiger partial charge in [-0.3, -0.25) is 9.35 Å². The monoisotopic (exact) mass is 322 g/mol. The molecule has 0 aliphatic carbocycles. The van der Waals surface area contributed by atoms with Crippen molar-refractivity contribution >= 4 is 21.8 Å². The molecule has 1 aromatic carbocycles. The van der Waals surface area contributed by atoms with Gasteiger partial charge in [-0.1, -0.05) is 12.1 Å². The van der Waals surface area contributed by atoms with Gasteiger partial charge in [0.05, 0.1) is 10.5 Å². The first-order valence-electron chi connectivity index (χ1n) is 6.17. The molecule has 0 bridgehead atoms. The van der Waals surface area contributed by atoms with E-state index in [0.717, 1.165) is 0 Å². The van der Waals surface area contributed by atoms with Crippen LogP contribution in [-0.2, 0) is 16.7 Å². The predicted octanol–water partition coefficient (Wildman–Crippen LogP) is 0.544. The molecule has 2 aromatic rings. The van der Waals surface area contributed by atoms with Crippen molar-refractivity contribution in [2.75, 3.05) is 5.43 Å². The van der Waals surface area contributed by atoms with Crippen molar-refractivity contribution in [3.05, 3.63) is 53.7 Å². The van der Waals surface area contributed by atoms with Gasteiger partial charge in [-0.15, -0.1) is 0 Å². The third kappa shape index (κ3) is 4.01. The number of nitrogen functional groups attached to an aromatic ring is 1. The van der Waals surface area contributed by atoms with Crippen molar-refractivity contribution in [3.63, 3.8) is 0 Å². The molecule has 1 aromatic heterocycles. The second-order valence-electron chi connectivity index (χ2n) is 4.38. The van der Waals surface area contributed by atoms with Crippen LogP contribution in [0.3, 0.4) is 0 Å². The van der Waals surface area contributed by atoms with Crippen LogP contribution in [0.25, 0.3) is 0 Å². The van der Waals surface area contributed by atoms with Crippen molar-refractivity contribution in [2.45, 2.75) is 11.4 Å². The van der Waals surface area contributed by atoms with Gasteiger partial charge < -0.3 is 10.7 Å². The molecule has 1 heterocycles. The maximum absolute atomic E-state index is 11.9. The summed E-state index contributed by atoms with van der Waals surface area (Å²) in [7, 11) is -4.21. The number of amides is 1. The summed E-state index contributed by atoms with van der Waals surface area (Å²) in [5.74, 6) is 5.30. The lowest BCUT2D eigenvalue weighted by Crippen LogP contribution is -2.23. The standard InChI is InChI=1S/C13H14N4O4S/c14-17-12-6-3-10(8-15-12)13(18)16-7-9-1-4-11(5-2-9)22(19,20)21/h1-6,8H,7,14H2,(H,15,17)(H,16,18)(H,19,20,21). The number of hydrogen-bond acceptors (Lipinski definition) is 6. The average molecular weight is 322 g/mol. The van der Waals surface area contributed by atoms with E-state index in [1.54, 1.807) is 12.1 Å². The van der Waals surface area contributed by atoms with Crippen molar-refractivity contribution < 1.29 is 17.8 Å². The molecule has 0 fully saturated rings.